The van der Waals surface area contributed by atoms with Gasteiger partial charge in [0.25, 0.3) is 5.91 Å². The minimum Gasteiger partial charge on any atom is -0.345 e. The molecule has 0 spiro atoms. The third-order valence-electron chi connectivity index (χ3n) is 4.50. The molecular weight excluding hydrogens is 357 g/mol. The normalized spacial score (nSPS) is 11.9. The second-order valence-corrected chi connectivity index (χ2v) is 6.39. The summed E-state index contributed by atoms with van der Waals surface area (Å²) in [5.41, 5.74) is 3.12. The summed E-state index contributed by atoms with van der Waals surface area (Å²) in [5.74, 6) is -0.613. The highest BCUT2D eigenvalue weighted by Gasteiger charge is 2.19. The molecule has 0 aliphatic rings. The molecule has 0 aliphatic carbocycles. The fourth-order valence-electron chi connectivity index (χ4n) is 2.97. The lowest BCUT2D eigenvalue weighted by Crippen LogP contribution is -2.26. The second-order valence-electron chi connectivity index (χ2n) is 6.39. The van der Waals surface area contributed by atoms with E-state index in [2.05, 4.69) is 20.6 Å². The summed E-state index contributed by atoms with van der Waals surface area (Å²) in [4.78, 5) is 12.8. The van der Waals surface area contributed by atoms with E-state index in [1.165, 1.54) is 16.9 Å². The molecule has 0 aliphatic heterocycles. The predicted molar refractivity (Wildman–Crippen MR) is 103 cm³/mol. The molecule has 0 fully saturated rings. The lowest BCUT2D eigenvalue weighted by Gasteiger charge is -2.12. The highest BCUT2D eigenvalue weighted by Crippen LogP contribution is 2.22. The van der Waals surface area contributed by atoms with Crippen LogP contribution >= 0.6 is 0 Å². The van der Waals surface area contributed by atoms with Gasteiger partial charge in [0.05, 0.1) is 29.7 Å². The van der Waals surface area contributed by atoms with Crippen LogP contribution in [0.2, 0.25) is 0 Å². The van der Waals surface area contributed by atoms with E-state index in [0.717, 1.165) is 11.1 Å². The lowest BCUT2D eigenvalue weighted by molar-refractivity contribution is 0.0940. The summed E-state index contributed by atoms with van der Waals surface area (Å²) in [6, 6.07) is 15.6. The fraction of sp³-hybridized carbons (Fsp3) is 0.0952. The zero-order chi connectivity index (χ0) is 19.5. The maximum absolute atomic E-state index is 13.9. The van der Waals surface area contributed by atoms with Gasteiger partial charge in [-0.25, -0.2) is 9.07 Å². The van der Waals surface area contributed by atoms with Crippen LogP contribution in [0.3, 0.4) is 0 Å². The molecular formula is C21H18FN5O. The number of nitrogens with one attached hydrogen (secondary N) is 2. The van der Waals surface area contributed by atoms with Crippen LogP contribution in [0.5, 0.6) is 0 Å². The van der Waals surface area contributed by atoms with Crippen molar-refractivity contribution in [3.8, 4) is 16.9 Å². The van der Waals surface area contributed by atoms with Crippen LogP contribution in [0.1, 0.15) is 28.9 Å². The Morgan fingerprint density at radius 3 is 2.64 bits per heavy atom. The van der Waals surface area contributed by atoms with Gasteiger partial charge in [-0.1, -0.05) is 42.5 Å². The van der Waals surface area contributed by atoms with E-state index in [1.807, 2.05) is 37.3 Å². The van der Waals surface area contributed by atoms with Crippen molar-refractivity contribution < 1.29 is 9.18 Å². The van der Waals surface area contributed by atoms with E-state index in [1.54, 1.807) is 30.6 Å². The van der Waals surface area contributed by atoms with Gasteiger partial charge in [-0.05, 0) is 19.1 Å². The van der Waals surface area contributed by atoms with Gasteiger partial charge in [-0.2, -0.15) is 10.2 Å². The van der Waals surface area contributed by atoms with Crippen molar-refractivity contribution in [2.75, 3.05) is 0 Å². The number of hydrogen-bond donors (Lipinski definition) is 2. The summed E-state index contributed by atoms with van der Waals surface area (Å²) < 4.78 is 15.4. The van der Waals surface area contributed by atoms with Gasteiger partial charge >= 0.3 is 0 Å². The third-order valence-corrected chi connectivity index (χ3v) is 4.50. The first kappa shape index (κ1) is 17.7. The van der Waals surface area contributed by atoms with Crippen molar-refractivity contribution in [3.05, 3.63) is 90.1 Å². The number of hydrogen-bond acceptors (Lipinski definition) is 3. The molecule has 140 valence electrons. The SMILES string of the molecule is C[C@H](NC(=O)c1cn[nH]c1-c1ccccc1)c1cnn(-c2ccccc2F)c1. The molecule has 4 rings (SSSR count). The number of para-hydroxylation sites is 1. The molecule has 6 nitrogen and oxygen atoms in total. The van der Waals surface area contributed by atoms with Gasteiger partial charge in [0, 0.05) is 17.3 Å². The maximum atomic E-state index is 13.9. The van der Waals surface area contributed by atoms with Crippen LogP contribution in [0.25, 0.3) is 16.9 Å². The Bertz CT molecular complexity index is 1100. The minimum atomic E-state index is -0.361. The molecule has 0 bridgehead atoms. The van der Waals surface area contributed by atoms with Crippen molar-refractivity contribution >= 4 is 5.91 Å². The Morgan fingerprint density at radius 1 is 1.11 bits per heavy atom. The molecule has 2 aromatic carbocycles. The van der Waals surface area contributed by atoms with E-state index in [-0.39, 0.29) is 17.8 Å². The van der Waals surface area contributed by atoms with Gasteiger partial charge < -0.3 is 5.32 Å². The topological polar surface area (TPSA) is 75.6 Å². The van der Waals surface area contributed by atoms with Gasteiger partial charge in [0.2, 0.25) is 0 Å². The lowest BCUT2D eigenvalue weighted by atomic mass is 10.1. The maximum Gasteiger partial charge on any atom is 0.255 e. The molecule has 2 N–H and O–H groups in total. The Balaban J connectivity index is 1.52. The average Bonchev–Trinajstić information content (AvgIpc) is 3.39. The molecule has 2 aromatic heterocycles. The zero-order valence-corrected chi connectivity index (χ0v) is 15.1. The first-order valence-electron chi connectivity index (χ1n) is 8.82. The van der Waals surface area contributed by atoms with E-state index in [0.29, 0.717) is 16.9 Å². The summed E-state index contributed by atoms with van der Waals surface area (Å²) in [6.07, 6.45) is 4.83. The molecule has 1 atom stereocenters. The van der Waals surface area contributed by atoms with Gasteiger partial charge in [-0.15, -0.1) is 0 Å². The van der Waals surface area contributed by atoms with Crippen molar-refractivity contribution in [3.63, 3.8) is 0 Å². The molecule has 4 aromatic rings. The fourth-order valence-corrected chi connectivity index (χ4v) is 2.97. The first-order chi connectivity index (χ1) is 13.6. The Morgan fingerprint density at radius 2 is 1.86 bits per heavy atom. The molecule has 0 saturated heterocycles. The Hall–Kier alpha value is -3.74. The van der Waals surface area contributed by atoms with Crippen molar-refractivity contribution in [2.45, 2.75) is 13.0 Å². The van der Waals surface area contributed by atoms with E-state index < -0.39 is 0 Å². The predicted octanol–water partition coefficient (Wildman–Crippen LogP) is 3.89. The number of halogens is 1. The number of carbonyl (C=O) groups excluding carboxylic acids is 1. The van der Waals surface area contributed by atoms with Crippen LogP contribution in [0.15, 0.2) is 73.2 Å². The van der Waals surface area contributed by atoms with Gasteiger partial charge in [0.1, 0.15) is 11.5 Å². The molecule has 0 saturated carbocycles. The van der Waals surface area contributed by atoms with Crippen LogP contribution in [0.4, 0.5) is 4.39 Å². The number of amides is 1. The molecule has 28 heavy (non-hydrogen) atoms. The molecule has 7 heteroatoms. The second kappa shape index (κ2) is 7.48. The molecule has 0 unspecified atom stereocenters. The summed E-state index contributed by atoms with van der Waals surface area (Å²) >= 11 is 0. The third kappa shape index (κ3) is 3.42. The number of aromatic nitrogens is 4. The van der Waals surface area contributed by atoms with Crippen LogP contribution in [0, 0.1) is 5.82 Å². The quantitative estimate of drug-likeness (QED) is 0.556. The molecule has 1 amide bonds. The smallest absolute Gasteiger partial charge is 0.255 e. The number of nitrogens with zero attached hydrogens (tertiary/aromatic N) is 3. The first-order valence-corrected chi connectivity index (χ1v) is 8.82. The van der Waals surface area contributed by atoms with Crippen LogP contribution in [-0.2, 0) is 0 Å². The summed E-state index contributed by atoms with van der Waals surface area (Å²) in [6.45, 7) is 1.85. The van der Waals surface area contributed by atoms with Crippen molar-refractivity contribution in [1.29, 1.82) is 0 Å². The van der Waals surface area contributed by atoms with Crippen molar-refractivity contribution in [2.24, 2.45) is 0 Å². The van der Waals surface area contributed by atoms with Crippen molar-refractivity contribution in [1.82, 2.24) is 25.3 Å². The standard InChI is InChI=1S/C21H18FN5O/c1-14(16-11-24-27(13-16)19-10-6-5-9-18(19)22)25-21(28)17-12-23-26-20(17)15-7-3-2-4-8-15/h2-14H,1H3,(H,23,26)(H,25,28)/t14-/m0/s1. The van der Waals surface area contributed by atoms with Crippen LogP contribution in [-0.4, -0.2) is 25.9 Å². The number of aromatic amines is 1. The summed E-state index contributed by atoms with van der Waals surface area (Å²) in [7, 11) is 0. The van der Waals surface area contributed by atoms with Crippen LogP contribution < -0.4 is 5.32 Å². The minimum absolute atomic E-state index is 0.251. The number of benzene rings is 2. The molecule has 2 heterocycles. The van der Waals surface area contributed by atoms with Gasteiger partial charge in [-0.3, -0.25) is 9.89 Å². The van der Waals surface area contributed by atoms with E-state index in [4.69, 9.17) is 0 Å². The number of carbonyl (C=O) groups is 1. The molecule has 0 radical (unpaired) electrons. The van der Waals surface area contributed by atoms with E-state index in [9.17, 15) is 9.18 Å². The van der Waals surface area contributed by atoms with Gasteiger partial charge in [0.15, 0.2) is 0 Å². The monoisotopic (exact) mass is 375 g/mol. The number of H-pyrrole nitrogens is 1. The number of rotatable bonds is 5. The highest BCUT2D eigenvalue weighted by atomic mass is 19.1. The Kier molecular flexibility index (Phi) is 4.72. The average molecular weight is 375 g/mol. The summed E-state index contributed by atoms with van der Waals surface area (Å²) in [5, 5.41) is 14.0. The highest BCUT2D eigenvalue weighted by molar-refractivity contribution is 5.99. The Labute approximate surface area is 161 Å². The zero-order valence-electron chi connectivity index (χ0n) is 15.1. The largest absolute Gasteiger partial charge is 0.345 e. The van der Waals surface area contributed by atoms with E-state index >= 15 is 0 Å².